The summed E-state index contributed by atoms with van der Waals surface area (Å²) in [6.07, 6.45) is 1.86. The lowest BCUT2D eigenvalue weighted by Crippen LogP contribution is -2.54. The molecule has 0 radical (unpaired) electrons. The number of nitrogens with one attached hydrogen (secondary N) is 2. The largest absolute Gasteiger partial charge is 0.368 e. The Labute approximate surface area is 117 Å². The number of rotatable bonds is 4. The van der Waals surface area contributed by atoms with Crippen LogP contribution in [0.5, 0.6) is 0 Å². The van der Waals surface area contributed by atoms with E-state index >= 15 is 0 Å². The van der Waals surface area contributed by atoms with Gasteiger partial charge in [-0.2, -0.15) is 0 Å². The van der Waals surface area contributed by atoms with Crippen molar-refractivity contribution in [2.75, 3.05) is 6.54 Å². The number of hydroxylamine groups is 1. The zero-order valence-corrected chi connectivity index (χ0v) is 13.8. The van der Waals surface area contributed by atoms with Gasteiger partial charge in [-0.3, -0.25) is 4.79 Å². The van der Waals surface area contributed by atoms with Crippen LogP contribution in [0.3, 0.4) is 0 Å². The minimum Gasteiger partial charge on any atom is -0.368 e. The molecule has 0 spiro atoms. The molecule has 5 nitrogen and oxygen atoms in total. The second-order valence-corrected chi connectivity index (χ2v) is 11.5. The van der Waals surface area contributed by atoms with Gasteiger partial charge in [-0.1, -0.05) is 32.4 Å². The molecule has 1 rings (SSSR count). The van der Waals surface area contributed by atoms with Crippen molar-refractivity contribution in [3.63, 3.8) is 0 Å². The van der Waals surface area contributed by atoms with Gasteiger partial charge < -0.3 is 15.6 Å². The predicted molar refractivity (Wildman–Crippen MR) is 79.9 cm³/mol. The molecule has 0 saturated heterocycles. The SMILES string of the molecule is CC1=CC(C(N)=O)NCC1NO[Si](C)(C)C(C)(C)C. The van der Waals surface area contributed by atoms with Gasteiger partial charge in [-0.05, 0) is 25.1 Å². The van der Waals surface area contributed by atoms with Crippen molar-refractivity contribution in [3.05, 3.63) is 11.6 Å². The summed E-state index contributed by atoms with van der Waals surface area (Å²) in [5, 5.41) is 3.26. The molecular weight excluding hydrogens is 258 g/mol. The smallest absolute Gasteiger partial charge is 0.238 e. The zero-order chi connectivity index (χ0) is 14.8. The molecule has 0 aliphatic carbocycles. The first-order chi connectivity index (χ1) is 8.54. The van der Waals surface area contributed by atoms with Gasteiger partial charge in [0.15, 0.2) is 0 Å². The molecule has 0 aromatic heterocycles. The Morgan fingerprint density at radius 1 is 1.53 bits per heavy atom. The van der Waals surface area contributed by atoms with Crippen LogP contribution in [0.1, 0.15) is 27.7 Å². The summed E-state index contributed by atoms with van der Waals surface area (Å²) in [7, 11) is -1.82. The molecular formula is C13H27N3O2Si. The van der Waals surface area contributed by atoms with Crippen LogP contribution in [0.4, 0.5) is 0 Å². The summed E-state index contributed by atoms with van der Waals surface area (Å²) >= 11 is 0. The van der Waals surface area contributed by atoms with E-state index in [0.717, 1.165) is 5.57 Å². The predicted octanol–water partition coefficient (Wildman–Crippen LogP) is 1.28. The molecule has 1 amide bonds. The van der Waals surface area contributed by atoms with Crippen LogP contribution in [-0.4, -0.2) is 32.9 Å². The summed E-state index contributed by atoms with van der Waals surface area (Å²) in [5.41, 5.74) is 9.53. The minimum atomic E-state index is -1.82. The molecule has 1 aliphatic heterocycles. The standard InChI is InChI=1S/C13H27N3O2Si/c1-9-7-10(12(14)17)15-8-11(9)16-18-19(5,6)13(2,3)4/h7,10-11,15-16H,8H2,1-6H3,(H2,14,17). The Morgan fingerprint density at radius 2 is 2.11 bits per heavy atom. The maximum absolute atomic E-state index is 11.1. The van der Waals surface area contributed by atoms with Crippen molar-refractivity contribution < 1.29 is 9.32 Å². The van der Waals surface area contributed by atoms with Crippen molar-refractivity contribution in [1.82, 2.24) is 10.8 Å². The highest BCUT2D eigenvalue weighted by atomic mass is 28.4. The first-order valence-electron chi connectivity index (χ1n) is 6.69. The van der Waals surface area contributed by atoms with E-state index in [0.29, 0.717) is 6.54 Å². The number of primary amides is 1. The molecule has 2 atom stereocenters. The summed E-state index contributed by atoms with van der Waals surface area (Å²) in [6, 6.07) is -0.282. The van der Waals surface area contributed by atoms with E-state index in [1.165, 1.54) is 0 Å². The molecule has 0 aromatic rings. The molecule has 1 heterocycles. The number of nitrogens with two attached hydrogens (primary N) is 1. The molecule has 0 saturated carbocycles. The number of carbonyl (C=O) groups is 1. The van der Waals surface area contributed by atoms with E-state index in [-0.39, 0.29) is 23.0 Å². The Balaban J connectivity index is 2.61. The number of amides is 1. The van der Waals surface area contributed by atoms with Crippen LogP contribution in [0.15, 0.2) is 11.6 Å². The number of hydrogen-bond acceptors (Lipinski definition) is 4. The van der Waals surface area contributed by atoms with Crippen LogP contribution in [0.25, 0.3) is 0 Å². The van der Waals surface area contributed by atoms with Crippen molar-refractivity contribution in [2.24, 2.45) is 5.73 Å². The van der Waals surface area contributed by atoms with Crippen LogP contribution in [0, 0.1) is 0 Å². The average Bonchev–Trinajstić information content (AvgIpc) is 2.25. The summed E-state index contributed by atoms with van der Waals surface area (Å²) in [5.74, 6) is -0.344. The normalized spacial score (nSPS) is 25.1. The first-order valence-corrected chi connectivity index (χ1v) is 9.60. The molecule has 110 valence electrons. The van der Waals surface area contributed by atoms with Gasteiger partial charge in [-0.15, -0.1) is 0 Å². The fourth-order valence-electron chi connectivity index (χ4n) is 1.53. The molecule has 1 aliphatic rings. The third-order valence-corrected chi connectivity index (χ3v) is 8.33. The van der Waals surface area contributed by atoms with Gasteiger partial charge in [0.25, 0.3) is 0 Å². The van der Waals surface area contributed by atoms with Gasteiger partial charge in [0.1, 0.15) is 6.04 Å². The van der Waals surface area contributed by atoms with E-state index in [9.17, 15) is 4.79 Å². The van der Waals surface area contributed by atoms with Crippen LogP contribution in [-0.2, 0) is 9.32 Å². The van der Waals surface area contributed by atoms with Gasteiger partial charge in [-0.25, -0.2) is 5.48 Å². The van der Waals surface area contributed by atoms with Gasteiger partial charge in [0, 0.05) is 6.54 Å². The monoisotopic (exact) mass is 285 g/mol. The Hall–Kier alpha value is -0.693. The summed E-state index contributed by atoms with van der Waals surface area (Å²) in [4.78, 5) is 11.1. The summed E-state index contributed by atoms with van der Waals surface area (Å²) in [6.45, 7) is 13.6. The fourth-order valence-corrected chi connectivity index (χ4v) is 2.28. The molecule has 19 heavy (non-hydrogen) atoms. The van der Waals surface area contributed by atoms with Crippen LogP contribution < -0.4 is 16.5 Å². The third-order valence-electron chi connectivity index (χ3n) is 4.09. The second kappa shape index (κ2) is 5.74. The Kier molecular flexibility index (Phi) is 4.95. The maximum atomic E-state index is 11.1. The average molecular weight is 285 g/mol. The topological polar surface area (TPSA) is 76.4 Å². The van der Waals surface area contributed by atoms with Crippen molar-refractivity contribution in [3.8, 4) is 0 Å². The first kappa shape index (κ1) is 16.4. The second-order valence-electron chi connectivity index (χ2n) is 6.73. The molecule has 2 unspecified atom stereocenters. The van der Waals surface area contributed by atoms with E-state index in [2.05, 4.69) is 44.7 Å². The molecule has 0 fully saturated rings. The summed E-state index contributed by atoms with van der Waals surface area (Å²) < 4.78 is 5.99. The molecule has 4 N–H and O–H groups in total. The molecule has 0 aromatic carbocycles. The third kappa shape index (κ3) is 4.14. The molecule has 0 bridgehead atoms. The minimum absolute atomic E-state index is 0.0877. The lowest BCUT2D eigenvalue weighted by Gasteiger charge is -2.38. The van der Waals surface area contributed by atoms with E-state index in [1.807, 2.05) is 13.0 Å². The van der Waals surface area contributed by atoms with Crippen molar-refractivity contribution in [2.45, 2.75) is 57.9 Å². The van der Waals surface area contributed by atoms with Crippen LogP contribution in [0.2, 0.25) is 18.1 Å². The van der Waals surface area contributed by atoms with Gasteiger partial charge >= 0.3 is 0 Å². The lowest BCUT2D eigenvalue weighted by atomic mass is 10.0. The maximum Gasteiger partial charge on any atom is 0.238 e. The Bertz CT molecular complexity index is 375. The Morgan fingerprint density at radius 3 is 2.53 bits per heavy atom. The quantitative estimate of drug-likeness (QED) is 0.413. The van der Waals surface area contributed by atoms with Gasteiger partial charge in [0.2, 0.25) is 14.2 Å². The van der Waals surface area contributed by atoms with E-state index in [1.54, 1.807) is 0 Å². The number of hydrogen-bond donors (Lipinski definition) is 3. The van der Waals surface area contributed by atoms with E-state index < -0.39 is 8.32 Å². The van der Waals surface area contributed by atoms with Gasteiger partial charge in [0.05, 0.1) is 6.04 Å². The van der Waals surface area contributed by atoms with E-state index in [4.69, 9.17) is 10.3 Å². The lowest BCUT2D eigenvalue weighted by molar-refractivity contribution is -0.119. The highest BCUT2D eigenvalue weighted by Crippen LogP contribution is 2.36. The van der Waals surface area contributed by atoms with Crippen molar-refractivity contribution in [1.29, 1.82) is 0 Å². The molecule has 6 heteroatoms. The number of carbonyl (C=O) groups excluding carboxylic acids is 1. The highest BCUT2D eigenvalue weighted by Gasteiger charge is 2.38. The highest BCUT2D eigenvalue weighted by molar-refractivity contribution is 6.74. The zero-order valence-electron chi connectivity index (χ0n) is 12.8. The van der Waals surface area contributed by atoms with Crippen molar-refractivity contribution >= 4 is 14.2 Å². The van der Waals surface area contributed by atoms with Crippen LogP contribution >= 0.6 is 0 Å². The fraction of sp³-hybridized carbons (Fsp3) is 0.769.